The predicted molar refractivity (Wildman–Crippen MR) is 56.7 cm³/mol. The minimum Gasteiger partial charge on any atom is -0.480 e. The number of rotatable bonds is 4. The molecule has 1 rings (SSSR count). The standard InChI is InChI=1S/C11H10F5NO3/c1-3-20-10(18)6-4-5(8(12)13)7(11(14,15)16)17-9(6)19-2/h4,8H,3H2,1-2H3. The van der Waals surface area contributed by atoms with Gasteiger partial charge in [-0.15, -0.1) is 0 Å². The van der Waals surface area contributed by atoms with Gasteiger partial charge in [0.25, 0.3) is 6.43 Å². The van der Waals surface area contributed by atoms with E-state index in [2.05, 4.69) is 14.5 Å². The molecule has 0 bridgehead atoms. The summed E-state index contributed by atoms with van der Waals surface area (Å²) in [5.74, 6) is -1.81. The molecule has 4 nitrogen and oxygen atoms in total. The van der Waals surface area contributed by atoms with Crippen LogP contribution >= 0.6 is 0 Å². The lowest BCUT2D eigenvalue weighted by Crippen LogP contribution is -2.17. The summed E-state index contributed by atoms with van der Waals surface area (Å²) < 4.78 is 72.4. The second-order valence-corrected chi connectivity index (χ2v) is 3.50. The zero-order valence-electron chi connectivity index (χ0n) is 10.4. The number of halogens is 5. The molecule has 9 heteroatoms. The van der Waals surface area contributed by atoms with Crippen LogP contribution in [0.1, 0.15) is 35.0 Å². The molecule has 0 amide bonds. The number of alkyl halides is 5. The molecule has 0 saturated carbocycles. The van der Waals surface area contributed by atoms with Crippen LogP contribution in [-0.4, -0.2) is 24.7 Å². The quantitative estimate of drug-likeness (QED) is 0.632. The van der Waals surface area contributed by atoms with Crippen LogP contribution in [0, 0.1) is 0 Å². The van der Waals surface area contributed by atoms with Crippen LogP contribution in [0.15, 0.2) is 6.07 Å². The molecule has 0 atom stereocenters. The molecule has 1 aromatic heterocycles. The summed E-state index contributed by atoms with van der Waals surface area (Å²) in [4.78, 5) is 14.5. The smallest absolute Gasteiger partial charge is 0.433 e. The molecule has 0 aliphatic carbocycles. The van der Waals surface area contributed by atoms with E-state index in [1.165, 1.54) is 6.92 Å². The Balaban J connectivity index is 3.49. The zero-order valence-corrected chi connectivity index (χ0v) is 10.4. The molecule has 0 fully saturated rings. The lowest BCUT2D eigenvalue weighted by Gasteiger charge is -2.15. The number of hydrogen-bond donors (Lipinski definition) is 0. The molecule has 0 unspecified atom stereocenters. The summed E-state index contributed by atoms with van der Waals surface area (Å²) in [7, 11) is 0.966. The maximum absolute atomic E-state index is 12.7. The van der Waals surface area contributed by atoms with Gasteiger partial charge in [0.05, 0.1) is 13.7 Å². The number of ether oxygens (including phenoxy) is 2. The summed E-state index contributed by atoms with van der Waals surface area (Å²) in [6.45, 7) is 1.38. The second kappa shape index (κ2) is 6.02. The summed E-state index contributed by atoms with van der Waals surface area (Å²) in [5.41, 5.74) is -3.78. The van der Waals surface area contributed by atoms with Crippen LogP contribution < -0.4 is 4.74 Å². The number of nitrogens with zero attached hydrogens (tertiary/aromatic N) is 1. The molecule has 0 aliphatic rings. The molecule has 0 radical (unpaired) electrons. The summed E-state index contributed by atoms with van der Waals surface area (Å²) in [6, 6.07) is 0.386. The van der Waals surface area contributed by atoms with E-state index in [4.69, 9.17) is 0 Å². The SMILES string of the molecule is CCOC(=O)c1cc(C(F)F)c(C(F)(F)F)nc1OC. The van der Waals surface area contributed by atoms with Gasteiger partial charge in [-0.2, -0.15) is 13.2 Å². The maximum Gasteiger partial charge on any atom is 0.433 e. The van der Waals surface area contributed by atoms with Gasteiger partial charge < -0.3 is 9.47 Å². The molecule has 0 saturated heterocycles. The van der Waals surface area contributed by atoms with E-state index in [9.17, 15) is 26.7 Å². The lowest BCUT2D eigenvalue weighted by atomic mass is 10.1. The molecule has 0 spiro atoms. The Morgan fingerprint density at radius 3 is 2.40 bits per heavy atom. The van der Waals surface area contributed by atoms with Crippen molar-refractivity contribution in [3.05, 3.63) is 22.9 Å². The van der Waals surface area contributed by atoms with Crippen molar-refractivity contribution >= 4 is 5.97 Å². The maximum atomic E-state index is 12.7. The van der Waals surface area contributed by atoms with Gasteiger partial charge in [-0.3, -0.25) is 0 Å². The van der Waals surface area contributed by atoms with Crippen LogP contribution in [0.25, 0.3) is 0 Å². The highest BCUT2D eigenvalue weighted by Crippen LogP contribution is 2.37. The fraction of sp³-hybridized carbons (Fsp3) is 0.455. The van der Waals surface area contributed by atoms with E-state index in [0.29, 0.717) is 6.07 Å². The largest absolute Gasteiger partial charge is 0.480 e. The first-order valence-corrected chi connectivity index (χ1v) is 5.33. The van der Waals surface area contributed by atoms with Crippen molar-refractivity contribution in [1.82, 2.24) is 4.98 Å². The van der Waals surface area contributed by atoms with E-state index >= 15 is 0 Å². The van der Waals surface area contributed by atoms with E-state index < -0.39 is 41.3 Å². The van der Waals surface area contributed by atoms with Crippen molar-refractivity contribution < 1.29 is 36.2 Å². The van der Waals surface area contributed by atoms with Crippen LogP contribution in [0.2, 0.25) is 0 Å². The van der Waals surface area contributed by atoms with Crippen LogP contribution in [0.3, 0.4) is 0 Å². The Hall–Kier alpha value is -1.93. The number of aromatic nitrogens is 1. The Bertz CT molecular complexity index is 502. The van der Waals surface area contributed by atoms with E-state index in [-0.39, 0.29) is 6.61 Å². The normalized spacial score (nSPS) is 11.6. The number of carbonyl (C=O) groups is 1. The highest BCUT2D eigenvalue weighted by atomic mass is 19.4. The number of hydrogen-bond acceptors (Lipinski definition) is 4. The number of pyridine rings is 1. The van der Waals surface area contributed by atoms with Crippen LogP contribution in [0.5, 0.6) is 5.88 Å². The highest BCUT2D eigenvalue weighted by molar-refractivity contribution is 5.92. The molecule has 1 aromatic rings. The third-order valence-electron chi connectivity index (χ3n) is 2.21. The van der Waals surface area contributed by atoms with E-state index in [0.717, 1.165) is 7.11 Å². The van der Waals surface area contributed by atoms with Crippen LogP contribution in [0.4, 0.5) is 22.0 Å². The summed E-state index contributed by atoms with van der Waals surface area (Å²) in [5, 5.41) is 0. The van der Waals surface area contributed by atoms with Crippen molar-refractivity contribution in [3.63, 3.8) is 0 Å². The molecule has 112 valence electrons. The summed E-state index contributed by atoms with van der Waals surface area (Å²) >= 11 is 0. The summed E-state index contributed by atoms with van der Waals surface area (Å²) in [6.07, 6.45) is -8.54. The first-order valence-electron chi connectivity index (χ1n) is 5.33. The predicted octanol–water partition coefficient (Wildman–Crippen LogP) is 3.22. The van der Waals surface area contributed by atoms with Crippen molar-refractivity contribution in [2.24, 2.45) is 0 Å². The number of methoxy groups -OCH3 is 1. The molecular formula is C11H10F5NO3. The fourth-order valence-corrected chi connectivity index (χ4v) is 1.42. The lowest BCUT2D eigenvalue weighted by molar-refractivity contribution is -0.143. The first kappa shape index (κ1) is 16.1. The second-order valence-electron chi connectivity index (χ2n) is 3.50. The molecule has 0 aliphatic heterocycles. The average molecular weight is 299 g/mol. The number of carbonyl (C=O) groups excluding carboxylic acids is 1. The van der Waals surface area contributed by atoms with Crippen LogP contribution in [-0.2, 0) is 10.9 Å². The van der Waals surface area contributed by atoms with Crippen molar-refractivity contribution in [2.75, 3.05) is 13.7 Å². The fourth-order valence-electron chi connectivity index (χ4n) is 1.42. The average Bonchev–Trinajstić information content (AvgIpc) is 2.36. The molecule has 1 heterocycles. The number of esters is 1. The van der Waals surface area contributed by atoms with E-state index in [1.54, 1.807) is 0 Å². The van der Waals surface area contributed by atoms with Crippen molar-refractivity contribution in [2.45, 2.75) is 19.5 Å². The molecular weight excluding hydrogens is 289 g/mol. The monoisotopic (exact) mass is 299 g/mol. The van der Waals surface area contributed by atoms with Crippen molar-refractivity contribution in [1.29, 1.82) is 0 Å². The molecule has 20 heavy (non-hydrogen) atoms. The van der Waals surface area contributed by atoms with Gasteiger partial charge in [-0.25, -0.2) is 18.6 Å². The van der Waals surface area contributed by atoms with Gasteiger partial charge in [0.1, 0.15) is 5.56 Å². The van der Waals surface area contributed by atoms with Gasteiger partial charge in [-0.05, 0) is 13.0 Å². The van der Waals surface area contributed by atoms with Gasteiger partial charge in [0.2, 0.25) is 5.88 Å². The van der Waals surface area contributed by atoms with Gasteiger partial charge >= 0.3 is 12.1 Å². The minimum atomic E-state index is -5.09. The van der Waals surface area contributed by atoms with Gasteiger partial charge in [0.15, 0.2) is 5.69 Å². The Morgan fingerprint density at radius 2 is 2.00 bits per heavy atom. The Labute approximate surface area is 110 Å². The third kappa shape index (κ3) is 3.34. The highest BCUT2D eigenvalue weighted by Gasteiger charge is 2.39. The van der Waals surface area contributed by atoms with Gasteiger partial charge in [0, 0.05) is 5.56 Å². The molecule has 0 N–H and O–H groups in total. The topological polar surface area (TPSA) is 48.4 Å². The van der Waals surface area contributed by atoms with Crippen molar-refractivity contribution in [3.8, 4) is 5.88 Å². The van der Waals surface area contributed by atoms with Gasteiger partial charge in [-0.1, -0.05) is 0 Å². The van der Waals surface area contributed by atoms with E-state index in [1.807, 2.05) is 0 Å². The first-order chi connectivity index (χ1) is 9.22. The third-order valence-corrected chi connectivity index (χ3v) is 2.21. The molecule has 0 aromatic carbocycles. The Morgan fingerprint density at radius 1 is 1.40 bits per heavy atom. The zero-order chi connectivity index (χ0) is 15.5. The minimum absolute atomic E-state index is 0.0764. The Kier molecular flexibility index (Phi) is 4.85.